The van der Waals surface area contributed by atoms with E-state index in [0.717, 1.165) is 30.9 Å². The summed E-state index contributed by atoms with van der Waals surface area (Å²) in [6.45, 7) is 6.66. The quantitative estimate of drug-likeness (QED) is 0.692. The van der Waals surface area contributed by atoms with Gasteiger partial charge in [-0.05, 0) is 53.5 Å². The third-order valence-electron chi connectivity index (χ3n) is 4.86. The Bertz CT molecular complexity index is 839. The molecule has 0 bridgehead atoms. The fraction of sp³-hybridized carbons (Fsp3) is 0.409. The second-order valence-electron chi connectivity index (χ2n) is 7.26. The highest BCUT2D eigenvalue weighted by molar-refractivity contribution is 9.10. The van der Waals surface area contributed by atoms with Gasteiger partial charge in [0.25, 0.3) is 5.91 Å². The van der Waals surface area contributed by atoms with Crippen LogP contribution in [0.15, 0.2) is 40.9 Å². The van der Waals surface area contributed by atoms with Gasteiger partial charge < -0.3 is 19.5 Å². The third-order valence-corrected chi connectivity index (χ3v) is 5.64. The van der Waals surface area contributed by atoms with E-state index >= 15 is 0 Å². The van der Waals surface area contributed by atoms with E-state index in [4.69, 9.17) is 14.2 Å². The Kier molecular flexibility index (Phi) is 7.16. The van der Waals surface area contributed by atoms with Crippen molar-refractivity contribution in [3.05, 3.63) is 52.0 Å². The molecule has 0 aliphatic carbocycles. The van der Waals surface area contributed by atoms with Crippen LogP contribution in [0.1, 0.15) is 29.8 Å². The summed E-state index contributed by atoms with van der Waals surface area (Å²) in [4.78, 5) is 15.3. The standard InChI is InChI=1S/C22H27BrN2O4/c1-14-11-25(12-15(2)29-14)13-16-7-5-6-8-18(16)24-22(26)17-9-19(27-3)21(23)20(10-17)28-4/h5-10,14-15H,11-13H2,1-4H3,(H,24,26). The van der Waals surface area contributed by atoms with E-state index in [9.17, 15) is 4.79 Å². The largest absolute Gasteiger partial charge is 0.495 e. The van der Waals surface area contributed by atoms with Crippen LogP contribution in [0.5, 0.6) is 11.5 Å². The number of carbonyl (C=O) groups excluding carboxylic acids is 1. The molecule has 2 unspecified atom stereocenters. The lowest BCUT2D eigenvalue weighted by atomic mass is 10.1. The zero-order valence-corrected chi connectivity index (χ0v) is 18.8. The van der Waals surface area contributed by atoms with Gasteiger partial charge in [0.05, 0.1) is 26.4 Å². The number of rotatable bonds is 6. The fourth-order valence-electron chi connectivity index (χ4n) is 3.63. The molecule has 1 heterocycles. The van der Waals surface area contributed by atoms with Crippen molar-refractivity contribution in [2.45, 2.75) is 32.6 Å². The van der Waals surface area contributed by atoms with Gasteiger partial charge in [-0.2, -0.15) is 0 Å². The minimum absolute atomic E-state index is 0.197. The van der Waals surface area contributed by atoms with Crippen LogP contribution in [0.3, 0.4) is 0 Å². The van der Waals surface area contributed by atoms with Crippen LogP contribution in [0.2, 0.25) is 0 Å². The maximum absolute atomic E-state index is 12.9. The van der Waals surface area contributed by atoms with E-state index in [1.807, 2.05) is 24.3 Å². The minimum Gasteiger partial charge on any atom is -0.495 e. The molecule has 0 radical (unpaired) electrons. The molecule has 6 nitrogen and oxygen atoms in total. The molecule has 7 heteroatoms. The van der Waals surface area contributed by atoms with Crippen LogP contribution < -0.4 is 14.8 Å². The van der Waals surface area contributed by atoms with Gasteiger partial charge in [0, 0.05) is 30.9 Å². The van der Waals surface area contributed by atoms with Crippen LogP contribution in [0.4, 0.5) is 5.69 Å². The van der Waals surface area contributed by atoms with Crippen molar-refractivity contribution in [3.8, 4) is 11.5 Å². The first kappa shape index (κ1) is 21.6. The molecule has 156 valence electrons. The first-order chi connectivity index (χ1) is 13.9. The van der Waals surface area contributed by atoms with Crippen molar-refractivity contribution in [1.29, 1.82) is 0 Å². The molecule has 2 aromatic carbocycles. The number of carbonyl (C=O) groups is 1. The number of nitrogens with one attached hydrogen (secondary N) is 1. The van der Waals surface area contributed by atoms with Gasteiger partial charge in [-0.25, -0.2) is 0 Å². The van der Waals surface area contributed by atoms with Gasteiger partial charge in [-0.1, -0.05) is 18.2 Å². The second-order valence-corrected chi connectivity index (χ2v) is 8.05. The zero-order chi connectivity index (χ0) is 21.0. The summed E-state index contributed by atoms with van der Waals surface area (Å²) < 4.78 is 17.2. The summed E-state index contributed by atoms with van der Waals surface area (Å²) in [5, 5.41) is 3.04. The molecule has 2 aromatic rings. The summed E-state index contributed by atoms with van der Waals surface area (Å²) in [6.07, 6.45) is 0.395. The first-order valence-electron chi connectivity index (χ1n) is 9.59. The van der Waals surface area contributed by atoms with Crippen molar-refractivity contribution in [3.63, 3.8) is 0 Å². The van der Waals surface area contributed by atoms with Gasteiger partial charge in [0.1, 0.15) is 16.0 Å². The number of nitrogens with zero attached hydrogens (tertiary/aromatic N) is 1. The average molecular weight is 463 g/mol. The Balaban J connectivity index is 1.80. The van der Waals surface area contributed by atoms with Crippen LogP contribution >= 0.6 is 15.9 Å². The topological polar surface area (TPSA) is 60.0 Å². The Morgan fingerprint density at radius 1 is 1.14 bits per heavy atom. The number of amides is 1. The third kappa shape index (κ3) is 5.29. The molecule has 1 amide bonds. The van der Waals surface area contributed by atoms with Crippen molar-refractivity contribution in [2.75, 3.05) is 32.6 Å². The smallest absolute Gasteiger partial charge is 0.255 e. The summed E-state index contributed by atoms with van der Waals surface area (Å²) in [6, 6.07) is 11.3. The van der Waals surface area contributed by atoms with Crippen LogP contribution in [0, 0.1) is 0 Å². The number of morpholine rings is 1. The molecular weight excluding hydrogens is 436 g/mol. The molecule has 0 spiro atoms. The lowest BCUT2D eigenvalue weighted by Gasteiger charge is -2.35. The molecule has 29 heavy (non-hydrogen) atoms. The number of ether oxygens (including phenoxy) is 3. The zero-order valence-electron chi connectivity index (χ0n) is 17.2. The molecule has 1 aliphatic rings. The van der Waals surface area contributed by atoms with Gasteiger partial charge in [-0.3, -0.25) is 9.69 Å². The number of methoxy groups -OCH3 is 2. The van der Waals surface area contributed by atoms with Crippen LogP contribution in [-0.4, -0.2) is 50.3 Å². The molecule has 1 N–H and O–H groups in total. The van der Waals surface area contributed by atoms with Crippen LogP contribution in [0.25, 0.3) is 0 Å². The Hall–Kier alpha value is -2.09. The fourth-order valence-corrected chi connectivity index (χ4v) is 4.18. The van der Waals surface area contributed by atoms with E-state index in [2.05, 4.69) is 40.0 Å². The van der Waals surface area contributed by atoms with Crippen molar-refractivity contribution >= 4 is 27.5 Å². The number of hydrogen-bond acceptors (Lipinski definition) is 5. The molecule has 2 atom stereocenters. The summed E-state index contributed by atoms with van der Waals surface area (Å²) >= 11 is 3.43. The van der Waals surface area contributed by atoms with Gasteiger partial charge in [0.15, 0.2) is 0 Å². The highest BCUT2D eigenvalue weighted by atomic mass is 79.9. The van der Waals surface area contributed by atoms with Crippen molar-refractivity contribution in [1.82, 2.24) is 4.90 Å². The highest BCUT2D eigenvalue weighted by Gasteiger charge is 2.23. The van der Waals surface area contributed by atoms with Crippen molar-refractivity contribution in [2.24, 2.45) is 0 Å². The predicted molar refractivity (Wildman–Crippen MR) is 117 cm³/mol. The molecule has 1 fully saturated rings. The van der Waals surface area contributed by atoms with Crippen LogP contribution in [-0.2, 0) is 11.3 Å². The van der Waals surface area contributed by atoms with Gasteiger partial charge in [0.2, 0.25) is 0 Å². The predicted octanol–water partition coefficient (Wildman–Crippen LogP) is 4.33. The number of halogens is 1. The lowest BCUT2D eigenvalue weighted by molar-refractivity contribution is -0.0704. The van der Waals surface area contributed by atoms with Gasteiger partial charge >= 0.3 is 0 Å². The van der Waals surface area contributed by atoms with Gasteiger partial charge in [-0.15, -0.1) is 0 Å². The highest BCUT2D eigenvalue weighted by Crippen LogP contribution is 2.36. The van der Waals surface area contributed by atoms with E-state index in [-0.39, 0.29) is 18.1 Å². The van der Waals surface area contributed by atoms with E-state index in [1.54, 1.807) is 26.4 Å². The Morgan fingerprint density at radius 3 is 2.31 bits per heavy atom. The number of benzene rings is 2. The van der Waals surface area contributed by atoms with E-state index < -0.39 is 0 Å². The summed E-state index contributed by atoms with van der Waals surface area (Å²) in [5.74, 6) is 0.864. The molecule has 0 aromatic heterocycles. The molecule has 0 saturated carbocycles. The normalized spacial score (nSPS) is 19.6. The summed E-state index contributed by atoms with van der Waals surface area (Å²) in [5.41, 5.74) is 2.33. The Morgan fingerprint density at radius 2 is 1.72 bits per heavy atom. The monoisotopic (exact) mass is 462 g/mol. The molecule has 3 rings (SSSR count). The molecule has 1 saturated heterocycles. The average Bonchev–Trinajstić information content (AvgIpc) is 2.68. The SMILES string of the molecule is COc1cc(C(=O)Nc2ccccc2CN2CC(C)OC(C)C2)cc(OC)c1Br. The van der Waals surface area contributed by atoms with E-state index in [1.165, 1.54) is 0 Å². The van der Waals surface area contributed by atoms with Crippen molar-refractivity contribution < 1.29 is 19.0 Å². The van der Waals surface area contributed by atoms with E-state index in [0.29, 0.717) is 21.5 Å². The summed E-state index contributed by atoms with van der Waals surface area (Å²) in [7, 11) is 3.11. The lowest BCUT2D eigenvalue weighted by Crippen LogP contribution is -2.44. The number of para-hydroxylation sites is 1. The maximum Gasteiger partial charge on any atom is 0.255 e. The second kappa shape index (κ2) is 9.61. The minimum atomic E-state index is -0.217. The molecule has 1 aliphatic heterocycles. The number of anilines is 1. The Labute approximate surface area is 180 Å². The maximum atomic E-state index is 12.9. The first-order valence-corrected chi connectivity index (χ1v) is 10.4. The molecular formula is C22H27BrN2O4. The number of hydrogen-bond donors (Lipinski definition) is 1.